The van der Waals surface area contributed by atoms with Crippen molar-refractivity contribution in [1.82, 2.24) is 4.90 Å². The van der Waals surface area contributed by atoms with Gasteiger partial charge in [-0.25, -0.2) is 0 Å². The Kier molecular flexibility index (Phi) is 7.14. The van der Waals surface area contributed by atoms with E-state index < -0.39 is 11.4 Å². The van der Waals surface area contributed by atoms with Crippen LogP contribution in [0, 0.1) is 5.41 Å². The third kappa shape index (κ3) is 4.41. The van der Waals surface area contributed by atoms with Gasteiger partial charge in [-0.2, -0.15) is 0 Å². The van der Waals surface area contributed by atoms with Crippen molar-refractivity contribution in [1.29, 1.82) is 0 Å². The molecule has 0 aromatic rings. The van der Waals surface area contributed by atoms with E-state index in [9.17, 15) is 9.59 Å². The fourth-order valence-corrected chi connectivity index (χ4v) is 1.89. The minimum Gasteiger partial charge on any atom is -0.465 e. The third-order valence-corrected chi connectivity index (χ3v) is 3.44. The maximum absolute atomic E-state index is 12.2. The number of esters is 1. The smallest absolute Gasteiger partial charge is 0.319 e. The van der Waals surface area contributed by atoms with Crippen LogP contribution in [0.15, 0.2) is 0 Å². The number of carbonyl (C=O) groups excluding carboxylic acids is 2. The lowest BCUT2D eigenvalue weighted by Gasteiger charge is -2.29. The van der Waals surface area contributed by atoms with Crippen molar-refractivity contribution in [2.75, 3.05) is 20.2 Å². The van der Waals surface area contributed by atoms with Gasteiger partial charge in [0.25, 0.3) is 0 Å². The van der Waals surface area contributed by atoms with Gasteiger partial charge in [0.05, 0.1) is 13.2 Å². The van der Waals surface area contributed by atoms with Gasteiger partial charge < -0.3 is 4.74 Å². The van der Waals surface area contributed by atoms with Crippen LogP contribution in [0.1, 0.15) is 47.5 Å². The van der Waals surface area contributed by atoms with Crippen LogP contribution < -0.4 is 0 Å². The molecular formula is C14H27NO3. The fraction of sp³-hybridized carbons (Fsp3) is 0.857. The fourth-order valence-electron chi connectivity index (χ4n) is 1.89. The minimum absolute atomic E-state index is 0.0876. The second-order valence-electron chi connectivity index (χ2n) is 5.15. The van der Waals surface area contributed by atoms with Crippen molar-refractivity contribution in [3.8, 4) is 0 Å². The molecule has 0 aliphatic carbocycles. The second-order valence-corrected chi connectivity index (χ2v) is 5.15. The maximum Gasteiger partial charge on any atom is 0.319 e. The summed E-state index contributed by atoms with van der Waals surface area (Å²) >= 11 is 0. The Morgan fingerprint density at radius 3 is 2.06 bits per heavy atom. The van der Waals surface area contributed by atoms with Crippen LogP contribution in [-0.4, -0.2) is 42.9 Å². The molecule has 0 heterocycles. The molecule has 0 unspecified atom stereocenters. The molecule has 0 aromatic carbocycles. The molecule has 0 N–H and O–H groups in total. The zero-order valence-electron chi connectivity index (χ0n) is 12.6. The Hall–Kier alpha value is -0.900. The van der Waals surface area contributed by atoms with E-state index in [0.29, 0.717) is 12.6 Å². The Balaban J connectivity index is 4.60. The van der Waals surface area contributed by atoms with Crippen LogP contribution in [0.25, 0.3) is 0 Å². The Morgan fingerprint density at radius 1 is 1.17 bits per heavy atom. The van der Waals surface area contributed by atoms with Gasteiger partial charge in [-0.3, -0.25) is 14.5 Å². The van der Waals surface area contributed by atoms with Crippen LogP contribution in [0.5, 0.6) is 0 Å². The summed E-state index contributed by atoms with van der Waals surface area (Å²) in [6, 6.07) is 0.381. The molecule has 0 saturated carbocycles. The zero-order chi connectivity index (χ0) is 14.3. The molecule has 0 spiro atoms. The van der Waals surface area contributed by atoms with Crippen molar-refractivity contribution in [3.63, 3.8) is 0 Å². The van der Waals surface area contributed by atoms with Crippen molar-refractivity contribution in [2.24, 2.45) is 5.41 Å². The first-order valence-corrected chi connectivity index (χ1v) is 6.71. The van der Waals surface area contributed by atoms with E-state index >= 15 is 0 Å². The summed E-state index contributed by atoms with van der Waals surface area (Å²) in [4.78, 5) is 25.9. The van der Waals surface area contributed by atoms with Crippen LogP contribution in [0.2, 0.25) is 0 Å². The summed E-state index contributed by atoms with van der Waals surface area (Å²) in [7, 11) is 1.93. The summed E-state index contributed by atoms with van der Waals surface area (Å²) in [5.74, 6) is -0.525. The number of carbonyl (C=O) groups is 2. The summed E-state index contributed by atoms with van der Waals surface area (Å²) in [5.41, 5.74) is -1.06. The quantitative estimate of drug-likeness (QED) is 0.494. The van der Waals surface area contributed by atoms with Gasteiger partial charge in [-0.1, -0.05) is 13.8 Å². The van der Waals surface area contributed by atoms with Crippen LogP contribution >= 0.6 is 0 Å². The topological polar surface area (TPSA) is 46.6 Å². The highest BCUT2D eigenvalue weighted by Crippen LogP contribution is 2.20. The minimum atomic E-state index is -1.06. The lowest BCUT2D eigenvalue weighted by Crippen LogP contribution is -2.44. The maximum atomic E-state index is 12.2. The molecule has 4 nitrogen and oxygen atoms in total. The lowest BCUT2D eigenvalue weighted by atomic mass is 9.87. The van der Waals surface area contributed by atoms with Gasteiger partial charge in [0.2, 0.25) is 0 Å². The molecule has 18 heavy (non-hydrogen) atoms. The first kappa shape index (κ1) is 17.1. The van der Waals surface area contributed by atoms with Crippen molar-refractivity contribution in [2.45, 2.75) is 53.5 Å². The van der Waals surface area contributed by atoms with E-state index in [0.717, 1.165) is 12.8 Å². The van der Waals surface area contributed by atoms with Crippen molar-refractivity contribution in [3.05, 3.63) is 0 Å². The molecule has 4 heteroatoms. The van der Waals surface area contributed by atoms with Crippen LogP contribution in [-0.2, 0) is 14.3 Å². The van der Waals surface area contributed by atoms with E-state index in [4.69, 9.17) is 4.74 Å². The lowest BCUT2D eigenvalue weighted by molar-refractivity contribution is -0.158. The summed E-state index contributed by atoms with van der Waals surface area (Å²) in [6.07, 6.45) is 2.00. The number of ether oxygens (including phenoxy) is 1. The standard InChI is InChI=1S/C14H27NO3/c1-7-11(8-2)15(6)10-12(16)14(4,5)13(17)18-9-3/h11H,7-10H2,1-6H3. The predicted molar refractivity (Wildman–Crippen MR) is 72.4 cm³/mol. The molecule has 0 bridgehead atoms. The number of Topliss-reactive ketones (excluding diaryl/α,β-unsaturated/α-hetero) is 1. The number of hydrogen-bond acceptors (Lipinski definition) is 4. The van der Waals surface area contributed by atoms with E-state index in [1.165, 1.54) is 0 Å². The van der Waals surface area contributed by atoms with E-state index in [-0.39, 0.29) is 12.3 Å². The Bertz CT molecular complexity index is 283. The molecule has 0 amide bonds. The van der Waals surface area contributed by atoms with E-state index in [2.05, 4.69) is 13.8 Å². The number of nitrogens with zero attached hydrogens (tertiary/aromatic N) is 1. The molecule has 106 valence electrons. The molecule has 0 aromatic heterocycles. The van der Waals surface area contributed by atoms with Crippen LogP contribution in [0.3, 0.4) is 0 Å². The molecule has 0 fully saturated rings. The largest absolute Gasteiger partial charge is 0.465 e. The van der Waals surface area contributed by atoms with Gasteiger partial charge >= 0.3 is 5.97 Å². The summed E-state index contributed by atoms with van der Waals surface area (Å²) in [6.45, 7) is 9.81. The third-order valence-electron chi connectivity index (χ3n) is 3.44. The first-order valence-electron chi connectivity index (χ1n) is 6.71. The average molecular weight is 257 g/mol. The van der Waals surface area contributed by atoms with E-state index in [1.54, 1.807) is 20.8 Å². The molecular weight excluding hydrogens is 230 g/mol. The van der Waals surface area contributed by atoms with Gasteiger partial charge in [-0.05, 0) is 40.7 Å². The molecule has 0 rings (SSSR count). The van der Waals surface area contributed by atoms with Crippen molar-refractivity contribution >= 4 is 11.8 Å². The molecule has 0 atom stereocenters. The number of likely N-dealkylation sites (N-methyl/N-ethyl adjacent to an activating group) is 1. The van der Waals surface area contributed by atoms with Gasteiger partial charge in [0.1, 0.15) is 5.41 Å². The highest BCUT2D eigenvalue weighted by molar-refractivity contribution is 6.03. The molecule has 0 saturated heterocycles. The predicted octanol–water partition coefficient (Wildman–Crippen LogP) is 2.27. The first-order chi connectivity index (χ1) is 8.31. The molecule has 0 radical (unpaired) electrons. The van der Waals surface area contributed by atoms with Gasteiger partial charge in [0.15, 0.2) is 5.78 Å². The number of ketones is 1. The monoisotopic (exact) mass is 257 g/mol. The molecule has 0 aliphatic heterocycles. The highest BCUT2D eigenvalue weighted by Gasteiger charge is 2.37. The Labute approximate surface area is 111 Å². The highest BCUT2D eigenvalue weighted by atomic mass is 16.5. The Morgan fingerprint density at radius 2 is 1.67 bits per heavy atom. The summed E-state index contributed by atoms with van der Waals surface area (Å²) < 4.78 is 4.94. The normalized spacial score (nSPS) is 12.0. The zero-order valence-corrected chi connectivity index (χ0v) is 12.6. The van der Waals surface area contributed by atoms with Crippen molar-refractivity contribution < 1.29 is 14.3 Å². The SMILES string of the molecule is CCOC(=O)C(C)(C)C(=O)CN(C)C(CC)CC. The number of rotatable bonds is 8. The average Bonchev–Trinajstić information content (AvgIpc) is 2.30. The van der Waals surface area contributed by atoms with Gasteiger partial charge in [-0.15, -0.1) is 0 Å². The second kappa shape index (κ2) is 7.52. The number of hydrogen-bond donors (Lipinski definition) is 0. The van der Waals surface area contributed by atoms with Gasteiger partial charge in [0, 0.05) is 6.04 Å². The van der Waals surface area contributed by atoms with E-state index in [1.807, 2.05) is 11.9 Å². The molecule has 0 aliphatic rings. The van der Waals surface area contributed by atoms with Crippen LogP contribution in [0.4, 0.5) is 0 Å². The summed E-state index contributed by atoms with van der Waals surface area (Å²) in [5, 5.41) is 0.